The van der Waals surface area contributed by atoms with Gasteiger partial charge in [0.15, 0.2) is 5.76 Å². The Morgan fingerprint density at radius 2 is 1.97 bits per heavy atom. The van der Waals surface area contributed by atoms with Crippen LogP contribution in [0.4, 0.5) is 5.69 Å². The number of para-hydroxylation sites is 1. The second-order valence-corrected chi connectivity index (χ2v) is 8.43. The summed E-state index contributed by atoms with van der Waals surface area (Å²) >= 11 is 1.75. The van der Waals surface area contributed by atoms with E-state index in [1.165, 1.54) is 10.4 Å². The number of carbonyl (C=O) groups is 2. The molecule has 0 saturated heterocycles. The number of rotatable bonds is 3. The van der Waals surface area contributed by atoms with Crippen molar-refractivity contribution in [3.63, 3.8) is 0 Å². The number of hydrogen-bond acceptors (Lipinski definition) is 4. The molecule has 0 saturated carbocycles. The highest BCUT2D eigenvalue weighted by Gasteiger charge is 2.24. The van der Waals surface area contributed by atoms with Gasteiger partial charge in [0.2, 0.25) is 0 Å². The number of nitrogens with one attached hydrogen (secondary N) is 1. The van der Waals surface area contributed by atoms with Crippen LogP contribution in [0.1, 0.15) is 36.9 Å². The van der Waals surface area contributed by atoms with Crippen molar-refractivity contribution in [2.24, 2.45) is 0 Å². The van der Waals surface area contributed by atoms with Crippen molar-refractivity contribution in [3.8, 4) is 0 Å². The molecule has 0 spiro atoms. The van der Waals surface area contributed by atoms with Crippen LogP contribution < -0.4 is 5.32 Å². The predicted octanol–water partition coefficient (Wildman–Crippen LogP) is 5.25. The fourth-order valence-electron chi connectivity index (χ4n) is 3.87. The van der Waals surface area contributed by atoms with E-state index < -0.39 is 0 Å². The summed E-state index contributed by atoms with van der Waals surface area (Å²) in [7, 11) is 0. The largest absolute Gasteiger partial charge is 0.451 e. The van der Waals surface area contributed by atoms with Gasteiger partial charge >= 0.3 is 0 Å². The number of fused-ring (bicyclic) bond motifs is 2. The Kier molecular flexibility index (Phi) is 4.64. The molecule has 150 valence electrons. The van der Waals surface area contributed by atoms with Crippen molar-refractivity contribution >= 4 is 39.8 Å². The van der Waals surface area contributed by atoms with Crippen molar-refractivity contribution in [1.29, 1.82) is 0 Å². The third-order valence-corrected chi connectivity index (χ3v) is 6.58. The quantitative estimate of drug-likeness (QED) is 0.496. The zero-order chi connectivity index (χ0) is 20.7. The van der Waals surface area contributed by atoms with Crippen LogP contribution in [0.3, 0.4) is 0 Å². The standard InChI is InChI=1S/C24H20N2O3S/c1-15-18(24(28)26-11-9-22-17(14-26)10-12-30-22)6-4-7-19(15)25-23(27)21-13-16-5-2-3-8-20(16)29-21/h2-8,10,12-13H,9,11,14H2,1H3,(H,25,27). The van der Waals surface area contributed by atoms with Gasteiger partial charge in [-0.15, -0.1) is 11.3 Å². The van der Waals surface area contributed by atoms with Gasteiger partial charge < -0.3 is 14.6 Å². The molecule has 4 aromatic rings. The van der Waals surface area contributed by atoms with E-state index in [-0.39, 0.29) is 17.6 Å². The number of hydrogen-bond donors (Lipinski definition) is 1. The number of benzene rings is 2. The third-order valence-electron chi connectivity index (χ3n) is 5.56. The Labute approximate surface area is 177 Å². The number of furan rings is 1. The minimum absolute atomic E-state index is 0.0100. The van der Waals surface area contributed by atoms with E-state index in [1.807, 2.05) is 42.2 Å². The summed E-state index contributed by atoms with van der Waals surface area (Å²) in [4.78, 5) is 29.1. The highest BCUT2D eigenvalue weighted by Crippen LogP contribution is 2.27. The summed E-state index contributed by atoms with van der Waals surface area (Å²) in [6, 6.07) is 16.7. The zero-order valence-corrected chi connectivity index (χ0v) is 17.3. The van der Waals surface area contributed by atoms with Gasteiger partial charge in [0.05, 0.1) is 0 Å². The van der Waals surface area contributed by atoms with Crippen molar-refractivity contribution in [3.05, 3.63) is 87.3 Å². The van der Waals surface area contributed by atoms with Crippen molar-refractivity contribution in [1.82, 2.24) is 4.90 Å². The number of carbonyl (C=O) groups excluding carboxylic acids is 2. The topological polar surface area (TPSA) is 62.6 Å². The van der Waals surface area contributed by atoms with Crippen LogP contribution in [0.2, 0.25) is 0 Å². The molecule has 2 aromatic carbocycles. The Balaban J connectivity index is 1.38. The van der Waals surface area contributed by atoms with E-state index in [0.29, 0.717) is 29.9 Å². The van der Waals surface area contributed by atoms with Crippen LogP contribution in [-0.4, -0.2) is 23.3 Å². The molecule has 0 bridgehead atoms. The summed E-state index contributed by atoms with van der Waals surface area (Å²) in [5.41, 5.74) is 3.87. The predicted molar refractivity (Wildman–Crippen MR) is 118 cm³/mol. The minimum atomic E-state index is -0.334. The molecular weight excluding hydrogens is 396 g/mol. The molecule has 30 heavy (non-hydrogen) atoms. The Bertz CT molecular complexity index is 1240. The van der Waals surface area contributed by atoms with Gasteiger partial charge in [0, 0.05) is 34.6 Å². The average molecular weight is 417 g/mol. The molecule has 1 aliphatic heterocycles. The minimum Gasteiger partial charge on any atom is -0.451 e. The molecule has 2 amide bonds. The lowest BCUT2D eigenvalue weighted by molar-refractivity contribution is 0.0735. The fraction of sp³-hybridized carbons (Fsp3) is 0.167. The van der Waals surface area contributed by atoms with Crippen LogP contribution >= 0.6 is 11.3 Å². The van der Waals surface area contributed by atoms with Gasteiger partial charge in [0.25, 0.3) is 11.8 Å². The number of nitrogens with zero attached hydrogens (tertiary/aromatic N) is 1. The average Bonchev–Trinajstić information content (AvgIpc) is 3.41. The van der Waals surface area contributed by atoms with Crippen LogP contribution in [0, 0.1) is 6.92 Å². The van der Waals surface area contributed by atoms with E-state index in [4.69, 9.17) is 4.42 Å². The molecule has 0 unspecified atom stereocenters. The van der Waals surface area contributed by atoms with E-state index in [0.717, 1.165) is 17.4 Å². The highest BCUT2D eigenvalue weighted by molar-refractivity contribution is 7.10. The van der Waals surface area contributed by atoms with Gasteiger partial charge in [-0.2, -0.15) is 0 Å². The van der Waals surface area contributed by atoms with Gasteiger partial charge in [-0.3, -0.25) is 9.59 Å². The zero-order valence-electron chi connectivity index (χ0n) is 16.5. The molecule has 6 heteroatoms. The maximum atomic E-state index is 13.2. The molecule has 5 nitrogen and oxygen atoms in total. The smallest absolute Gasteiger partial charge is 0.291 e. The third kappa shape index (κ3) is 3.29. The summed E-state index contributed by atoms with van der Waals surface area (Å²) < 4.78 is 5.65. The van der Waals surface area contributed by atoms with Crippen LogP contribution in [0.25, 0.3) is 11.0 Å². The normalized spacial score (nSPS) is 13.3. The molecule has 5 rings (SSSR count). The van der Waals surface area contributed by atoms with Gasteiger partial charge in [-0.05, 0) is 60.2 Å². The lowest BCUT2D eigenvalue weighted by Crippen LogP contribution is -2.35. The van der Waals surface area contributed by atoms with E-state index in [1.54, 1.807) is 29.5 Å². The monoisotopic (exact) mass is 416 g/mol. The lowest BCUT2D eigenvalue weighted by atomic mass is 10.0. The Hall–Kier alpha value is -3.38. The molecule has 0 atom stereocenters. The Morgan fingerprint density at radius 3 is 2.83 bits per heavy atom. The molecule has 0 fully saturated rings. The maximum absolute atomic E-state index is 13.2. The number of thiophene rings is 1. The van der Waals surface area contributed by atoms with Crippen molar-refractivity contribution in [2.75, 3.05) is 11.9 Å². The molecule has 2 aromatic heterocycles. The summed E-state index contributed by atoms with van der Waals surface area (Å²) in [6.45, 7) is 3.20. The first kappa shape index (κ1) is 18.6. The first-order valence-electron chi connectivity index (χ1n) is 9.84. The van der Waals surface area contributed by atoms with Crippen LogP contribution in [-0.2, 0) is 13.0 Å². The van der Waals surface area contributed by atoms with Crippen molar-refractivity contribution < 1.29 is 14.0 Å². The SMILES string of the molecule is Cc1c(NC(=O)c2cc3ccccc3o2)cccc1C(=O)N1CCc2sccc2C1. The first-order chi connectivity index (χ1) is 14.6. The lowest BCUT2D eigenvalue weighted by Gasteiger charge is -2.28. The second-order valence-electron chi connectivity index (χ2n) is 7.43. The summed E-state index contributed by atoms with van der Waals surface area (Å²) in [5.74, 6) is -0.0997. The van der Waals surface area contributed by atoms with Crippen LogP contribution in [0.5, 0.6) is 0 Å². The van der Waals surface area contributed by atoms with Gasteiger partial charge in [0.1, 0.15) is 5.58 Å². The molecular formula is C24H20N2O3S. The maximum Gasteiger partial charge on any atom is 0.291 e. The Morgan fingerprint density at radius 1 is 1.10 bits per heavy atom. The van der Waals surface area contributed by atoms with Crippen molar-refractivity contribution in [2.45, 2.75) is 19.9 Å². The fourth-order valence-corrected chi connectivity index (χ4v) is 4.76. The van der Waals surface area contributed by atoms with Gasteiger partial charge in [-0.1, -0.05) is 24.3 Å². The summed E-state index contributed by atoms with van der Waals surface area (Å²) in [6.07, 6.45) is 0.889. The molecule has 0 radical (unpaired) electrons. The number of amides is 2. The van der Waals surface area contributed by atoms with Gasteiger partial charge in [-0.25, -0.2) is 0 Å². The molecule has 3 heterocycles. The molecule has 1 aliphatic rings. The number of anilines is 1. The van der Waals surface area contributed by atoms with E-state index in [2.05, 4.69) is 16.8 Å². The highest BCUT2D eigenvalue weighted by atomic mass is 32.1. The van der Waals surface area contributed by atoms with Crippen LogP contribution in [0.15, 0.2) is 64.4 Å². The second kappa shape index (κ2) is 7.46. The first-order valence-corrected chi connectivity index (χ1v) is 10.7. The van der Waals surface area contributed by atoms with E-state index in [9.17, 15) is 9.59 Å². The molecule has 0 aliphatic carbocycles. The summed E-state index contributed by atoms with van der Waals surface area (Å²) in [5, 5.41) is 5.85. The molecule has 1 N–H and O–H groups in total. The van der Waals surface area contributed by atoms with E-state index >= 15 is 0 Å².